The average molecular weight is 275 g/mol. The van der Waals surface area contributed by atoms with E-state index < -0.39 is 5.60 Å². The van der Waals surface area contributed by atoms with Crippen LogP contribution in [0.2, 0.25) is 0 Å². The van der Waals surface area contributed by atoms with Crippen molar-refractivity contribution in [1.29, 1.82) is 0 Å². The molecule has 0 radical (unpaired) electrons. The van der Waals surface area contributed by atoms with E-state index in [2.05, 4.69) is 10.1 Å². The molecule has 2 rings (SSSR count). The van der Waals surface area contributed by atoms with E-state index in [-0.39, 0.29) is 0 Å². The zero-order chi connectivity index (χ0) is 14.6. The van der Waals surface area contributed by atoms with Crippen LogP contribution in [0.25, 0.3) is 0 Å². The standard InChI is InChI=1S/C15H21N3O2/c1-4-15(3,19-5-2)14-17-13(20-18-14)10-11-8-6-7-9-12(11)16/h6-9H,4-5,10,16H2,1-3H3. The second kappa shape index (κ2) is 6.05. The van der Waals surface area contributed by atoms with Crippen molar-refractivity contribution in [2.45, 2.75) is 39.2 Å². The highest BCUT2D eigenvalue weighted by Crippen LogP contribution is 2.27. The van der Waals surface area contributed by atoms with Gasteiger partial charge in [-0.1, -0.05) is 30.3 Å². The molecule has 0 aliphatic carbocycles. The summed E-state index contributed by atoms with van der Waals surface area (Å²) < 4.78 is 11.1. The molecular formula is C15H21N3O2. The van der Waals surface area contributed by atoms with Gasteiger partial charge in [0.15, 0.2) is 0 Å². The van der Waals surface area contributed by atoms with Crippen molar-refractivity contribution in [3.05, 3.63) is 41.5 Å². The van der Waals surface area contributed by atoms with Gasteiger partial charge in [0.1, 0.15) is 5.60 Å². The topological polar surface area (TPSA) is 74.2 Å². The maximum atomic E-state index is 5.92. The summed E-state index contributed by atoms with van der Waals surface area (Å²) in [5, 5.41) is 4.05. The first-order valence-electron chi connectivity index (χ1n) is 6.89. The number of benzene rings is 1. The zero-order valence-corrected chi connectivity index (χ0v) is 12.2. The van der Waals surface area contributed by atoms with Gasteiger partial charge in [0.25, 0.3) is 0 Å². The molecule has 5 nitrogen and oxygen atoms in total. The second-order valence-corrected chi connectivity index (χ2v) is 4.90. The molecule has 2 aromatic rings. The summed E-state index contributed by atoms with van der Waals surface area (Å²) in [4.78, 5) is 4.45. The number of aromatic nitrogens is 2. The van der Waals surface area contributed by atoms with E-state index in [0.29, 0.717) is 24.7 Å². The van der Waals surface area contributed by atoms with E-state index in [9.17, 15) is 0 Å². The van der Waals surface area contributed by atoms with Crippen LogP contribution in [0.3, 0.4) is 0 Å². The number of nitrogens with two attached hydrogens (primary N) is 1. The summed E-state index contributed by atoms with van der Waals surface area (Å²) in [5.41, 5.74) is 7.13. The molecule has 2 N–H and O–H groups in total. The number of hydrogen-bond donors (Lipinski definition) is 1. The van der Waals surface area contributed by atoms with Crippen LogP contribution in [-0.4, -0.2) is 16.7 Å². The molecule has 1 atom stereocenters. The van der Waals surface area contributed by atoms with Gasteiger partial charge in [0.2, 0.25) is 11.7 Å². The third-order valence-electron chi connectivity index (χ3n) is 3.48. The van der Waals surface area contributed by atoms with Crippen molar-refractivity contribution in [3.8, 4) is 0 Å². The van der Waals surface area contributed by atoms with Crippen LogP contribution in [0.5, 0.6) is 0 Å². The maximum absolute atomic E-state index is 5.92. The molecule has 0 saturated carbocycles. The number of para-hydroxylation sites is 1. The molecule has 1 aromatic heterocycles. The third-order valence-corrected chi connectivity index (χ3v) is 3.48. The molecule has 0 aliphatic heterocycles. The van der Waals surface area contributed by atoms with Crippen LogP contribution in [0.15, 0.2) is 28.8 Å². The molecule has 108 valence electrons. The van der Waals surface area contributed by atoms with E-state index in [1.54, 1.807) is 0 Å². The molecule has 0 saturated heterocycles. The van der Waals surface area contributed by atoms with Crippen LogP contribution in [-0.2, 0) is 16.8 Å². The van der Waals surface area contributed by atoms with E-state index >= 15 is 0 Å². The molecular weight excluding hydrogens is 254 g/mol. The third kappa shape index (κ3) is 2.99. The Balaban J connectivity index is 2.19. The molecule has 0 spiro atoms. The number of rotatable bonds is 6. The lowest BCUT2D eigenvalue weighted by Gasteiger charge is -2.23. The summed E-state index contributed by atoms with van der Waals surface area (Å²) in [6.45, 7) is 6.59. The molecule has 20 heavy (non-hydrogen) atoms. The highest BCUT2D eigenvalue weighted by Gasteiger charge is 2.30. The monoisotopic (exact) mass is 275 g/mol. The second-order valence-electron chi connectivity index (χ2n) is 4.90. The van der Waals surface area contributed by atoms with E-state index in [1.807, 2.05) is 45.0 Å². The Morgan fingerprint density at radius 2 is 2.05 bits per heavy atom. The minimum Gasteiger partial charge on any atom is -0.398 e. The van der Waals surface area contributed by atoms with Crippen LogP contribution < -0.4 is 5.73 Å². The van der Waals surface area contributed by atoms with Crippen molar-refractivity contribution in [2.75, 3.05) is 12.3 Å². The molecule has 1 heterocycles. The SMILES string of the molecule is CCOC(C)(CC)c1noc(Cc2ccccc2N)n1. The van der Waals surface area contributed by atoms with Gasteiger partial charge in [0, 0.05) is 12.3 Å². The Labute approximate surface area is 119 Å². The number of nitrogen functional groups attached to an aromatic ring is 1. The fraction of sp³-hybridized carbons (Fsp3) is 0.467. The largest absolute Gasteiger partial charge is 0.398 e. The molecule has 1 aromatic carbocycles. The van der Waals surface area contributed by atoms with Gasteiger partial charge in [0.05, 0.1) is 6.42 Å². The number of anilines is 1. The minimum absolute atomic E-state index is 0.501. The van der Waals surface area contributed by atoms with E-state index in [1.165, 1.54) is 0 Å². The highest BCUT2D eigenvalue weighted by molar-refractivity contribution is 5.47. The highest BCUT2D eigenvalue weighted by atomic mass is 16.5. The van der Waals surface area contributed by atoms with E-state index in [4.69, 9.17) is 15.0 Å². The van der Waals surface area contributed by atoms with Crippen molar-refractivity contribution in [1.82, 2.24) is 10.1 Å². The lowest BCUT2D eigenvalue weighted by Crippen LogP contribution is -2.26. The summed E-state index contributed by atoms with van der Waals surface area (Å²) in [6.07, 6.45) is 1.32. The van der Waals surface area contributed by atoms with Gasteiger partial charge in [-0.2, -0.15) is 4.98 Å². The molecule has 0 aliphatic rings. The number of nitrogens with zero attached hydrogens (tertiary/aromatic N) is 2. The smallest absolute Gasteiger partial charge is 0.231 e. The number of hydrogen-bond acceptors (Lipinski definition) is 5. The Kier molecular flexibility index (Phi) is 4.39. The first kappa shape index (κ1) is 14.5. The van der Waals surface area contributed by atoms with Gasteiger partial charge < -0.3 is 15.0 Å². The van der Waals surface area contributed by atoms with Crippen LogP contribution in [0.4, 0.5) is 5.69 Å². The first-order valence-corrected chi connectivity index (χ1v) is 6.89. The summed E-state index contributed by atoms with van der Waals surface area (Å²) in [6, 6.07) is 7.67. The molecule has 1 unspecified atom stereocenters. The van der Waals surface area contributed by atoms with Crippen molar-refractivity contribution in [3.63, 3.8) is 0 Å². The quantitative estimate of drug-likeness (QED) is 0.820. The first-order chi connectivity index (χ1) is 9.59. The molecule has 0 amide bonds. The van der Waals surface area contributed by atoms with Gasteiger partial charge in [-0.3, -0.25) is 0 Å². The summed E-state index contributed by atoms with van der Waals surface area (Å²) in [5.74, 6) is 1.14. The fourth-order valence-electron chi connectivity index (χ4n) is 2.04. The fourth-order valence-corrected chi connectivity index (χ4v) is 2.04. The maximum Gasteiger partial charge on any atom is 0.231 e. The minimum atomic E-state index is -0.501. The molecule has 0 fully saturated rings. The Hall–Kier alpha value is -1.88. The molecule has 0 bridgehead atoms. The van der Waals surface area contributed by atoms with Crippen LogP contribution in [0.1, 0.15) is 44.5 Å². The Bertz CT molecular complexity index is 568. The summed E-state index contributed by atoms with van der Waals surface area (Å²) >= 11 is 0. The lowest BCUT2D eigenvalue weighted by atomic mass is 10.0. The van der Waals surface area contributed by atoms with Gasteiger partial charge in [-0.15, -0.1) is 0 Å². The molecule has 5 heteroatoms. The van der Waals surface area contributed by atoms with Gasteiger partial charge in [-0.05, 0) is 31.9 Å². The Morgan fingerprint density at radius 1 is 1.30 bits per heavy atom. The van der Waals surface area contributed by atoms with Crippen molar-refractivity contribution >= 4 is 5.69 Å². The normalized spacial score (nSPS) is 14.2. The van der Waals surface area contributed by atoms with Crippen molar-refractivity contribution in [2.24, 2.45) is 0 Å². The van der Waals surface area contributed by atoms with Crippen molar-refractivity contribution < 1.29 is 9.26 Å². The number of ether oxygens (including phenoxy) is 1. The Morgan fingerprint density at radius 3 is 2.70 bits per heavy atom. The van der Waals surface area contributed by atoms with Gasteiger partial charge >= 0.3 is 0 Å². The van der Waals surface area contributed by atoms with Crippen LogP contribution >= 0.6 is 0 Å². The predicted molar refractivity (Wildman–Crippen MR) is 77.2 cm³/mol. The van der Waals surface area contributed by atoms with E-state index in [0.717, 1.165) is 17.7 Å². The predicted octanol–water partition coefficient (Wildman–Crippen LogP) is 2.90. The zero-order valence-electron chi connectivity index (χ0n) is 12.2. The van der Waals surface area contributed by atoms with Gasteiger partial charge in [-0.25, -0.2) is 0 Å². The lowest BCUT2D eigenvalue weighted by molar-refractivity contribution is -0.0403. The summed E-state index contributed by atoms with van der Waals surface area (Å²) in [7, 11) is 0. The van der Waals surface area contributed by atoms with Crippen LogP contribution in [0, 0.1) is 0 Å². The average Bonchev–Trinajstić information content (AvgIpc) is 2.91.